The highest BCUT2D eigenvalue weighted by molar-refractivity contribution is 5.83. The number of hydrogen-bond acceptors (Lipinski definition) is 8. The minimum Gasteiger partial charge on any atom is -0.494 e. The van der Waals surface area contributed by atoms with Gasteiger partial charge in [0.15, 0.2) is 6.61 Å². The van der Waals surface area contributed by atoms with E-state index in [9.17, 15) is 4.79 Å². The topological polar surface area (TPSA) is 98.2 Å². The summed E-state index contributed by atoms with van der Waals surface area (Å²) in [6.07, 6.45) is 4.96. The molecule has 1 aliphatic heterocycles. The summed E-state index contributed by atoms with van der Waals surface area (Å²) in [5.41, 5.74) is 4.09. The molecule has 1 aromatic heterocycles. The molecule has 9 heteroatoms. The molecule has 1 aliphatic rings. The lowest BCUT2D eigenvalue weighted by molar-refractivity contribution is -0.123. The van der Waals surface area contributed by atoms with Crippen LogP contribution in [0.5, 0.6) is 11.6 Å². The number of carbonyl (C=O) groups excluding carboxylic acids is 1. The molecule has 0 aliphatic carbocycles. The van der Waals surface area contributed by atoms with Crippen LogP contribution in [0.4, 0.5) is 5.95 Å². The first-order chi connectivity index (χ1) is 15.6. The van der Waals surface area contributed by atoms with Crippen LogP contribution in [-0.4, -0.2) is 61.6 Å². The summed E-state index contributed by atoms with van der Waals surface area (Å²) in [4.78, 5) is 22.9. The van der Waals surface area contributed by atoms with Crippen molar-refractivity contribution < 1.29 is 19.0 Å². The molecule has 1 saturated heterocycles. The lowest BCUT2D eigenvalue weighted by atomic mass is 10.2. The van der Waals surface area contributed by atoms with Crippen molar-refractivity contribution in [3.63, 3.8) is 0 Å². The molecule has 1 N–H and O–H groups in total. The highest BCUT2D eigenvalue weighted by Gasteiger charge is 2.15. The molecule has 0 radical (unpaired) electrons. The Kier molecular flexibility index (Phi) is 9.24. The molecule has 1 aromatic carbocycles. The molecule has 172 valence electrons. The number of amides is 1. The Bertz CT molecular complexity index is 882. The normalized spacial score (nSPS) is 13.9. The minimum absolute atomic E-state index is 0.194. The Morgan fingerprint density at radius 3 is 2.72 bits per heavy atom. The molecule has 2 aromatic rings. The molecule has 3 rings (SSSR count). The number of anilines is 1. The lowest BCUT2D eigenvalue weighted by Gasteiger charge is -2.27. The van der Waals surface area contributed by atoms with Crippen molar-refractivity contribution in [1.29, 1.82) is 0 Å². The van der Waals surface area contributed by atoms with Crippen LogP contribution in [0.1, 0.15) is 37.4 Å². The summed E-state index contributed by atoms with van der Waals surface area (Å²) in [6.45, 7) is 7.29. The van der Waals surface area contributed by atoms with Crippen LogP contribution in [0.2, 0.25) is 0 Å². The second kappa shape index (κ2) is 12.6. The first-order valence-electron chi connectivity index (χ1n) is 11.0. The number of hydrazone groups is 1. The number of carbonyl (C=O) groups is 1. The fourth-order valence-electron chi connectivity index (χ4n) is 3.05. The molecular weight excluding hydrogens is 410 g/mol. The SMILES string of the molecule is CCCCCOc1ccc(C=NNC(=O)COc2cc(C)nc(N3CCOCC3)n2)cc1. The van der Waals surface area contributed by atoms with E-state index < -0.39 is 0 Å². The third kappa shape index (κ3) is 7.81. The van der Waals surface area contributed by atoms with E-state index in [-0.39, 0.29) is 12.5 Å². The number of nitrogens with one attached hydrogen (secondary N) is 1. The van der Waals surface area contributed by atoms with Gasteiger partial charge in [0.05, 0.1) is 26.0 Å². The van der Waals surface area contributed by atoms with Gasteiger partial charge in [-0.2, -0.15) is 10.1 Å². The molecule has 9 nitrogen and oxygen atoms in total. The highest BCUT2D eigenvalue weighted by atomic mass is 16.5. The molecular formula is C23H31N5O4. The zero-order valence-electron chi connectivity index (χ0n) is 18.7. The Hall–Kier alpha value is -3.20. The number of aromatic nitrogens is 2. The van der Waals surface area contributed by atoms with Crippen molar-refractivity contribution in [2.75, 3.05) is 44.4 Å². The van der Waals surface area contributed by atoms with E-state index in [1.165, 1.54) is 12.8 Å². The van der Waals surface area contributed by atoms with Gasteiger partial charge < -0.3 is 19.1 Å². The van der Waals surface area contributed by atoms with Crippen molar-refractivity contribution in [3.8, 4) is 11.6 Å². The van der Waals surface area contributed by atoms with Crippen molar-refractivity contribution in [2.24, 2.45) is 5.10 Å². The number of benzene rings is 1. The van der Waals surface area contributed by atoms with Gasteiger partial charge in [-0.25, -0.2) is 10.4 Å². The number of aryl methyl sites for hydroxylation is 1. The van der Waals surface area contributed by atoms with Gasteiger partial charge in [0, 0.05) is 24.8 Å². The maximum atomic E-state index is 12.1. The number of ether oxygens (including phenoxy) is 3. The van der Waals surface area contributed by atoms with E-state index in [4.69, 9.17) is 14.2 Å². The van der Waals surface area contributed by atoms with Gasteiger partial charge in [0.2, 0.25) is 11.8 Å². The largest absolute Gasteiger partial charge is 0.494 e. The average molecular weight is 442 g/mol. The Labute approximate surface area is 188 Å². The standard InChI is InChI=1S/C23H31N5O4/c1-3-4-5-12-31-20-8-6-19(7-9-20)16-24-27-21(29)17-32-22-15-18(2)25-23(26-22)28-10-13-30-14-11-28/h6-9,15-16H,3-5,10-14,17H2,1-2H3,(H,27,29). The number of hydrogen-bond donors (Lipinski definition) is 1. The Morgan fingerprint density at radius 2 is 1.97 bits per heavy atom. The second-order valence-electron chi connectivity index (χ2n) is 7.45. The molecule has 1 amide bonds. The third-order valence-electron chi connectivity index (χ3n) is 4.76. The summed E-state index contributed by atoms with van der Waals surface area (Å²) < 4.78 is 16.6. The van der Waals surface area contributed by atoms with E-state index in [2.05, 4.69) is 27.4 Å². The monoisotopic (exact) mass is 441 g/mol. The van der Waals surface area contributed by atoms with Crippen LogP contribution >= 0.6 is 0 Å². The molecule has 32 heavy (non-hydrogen) atoms. The molecule has 0 saturated carbocycles. The molecule has 0 atom stereocenters. The van der Waals surface area contributed by atoms with E-state index in [0.29, 0.717) is 25.0 Å². The first-order valence-corrected chi connectivity index (χ1v) is 11.0. The average Bonchev–Trinajstić information content (AvgIpc) is 2.82. The predicted octanol–water partition coefficient (Wildman–Crippen LogP) is 2.72. The maximum Gasteiger partial charge on any atom is 0.278 e. The lowest BCUT2D eigenvalue weighted by Crippen LogP contribution is -2.37. The summed E-state index contributed by atoms with van der Waals surface area (Å²) >= 11 is 0. The molecule has 0 unspecified atom stereocenters. The minimum atomic E-state index is -0.374. The van der Waals surface area contributed by atoms with Crippen molar-refractivity contribution in [3.05, 3.63) is 41.6 Å². The van der Waals surface area contributed by atoms with Crippen LogP contribution in [0.3, 0.4) is 0 Å². The van der Waals surface area contributed by atoms with Gasteiger partial charge in [-0.05, 0) is 43.2 Å². The fraction of sp³-hybridized carbons (Fsp3) is 0.478. The number of unbranched alkanes of at least 4 members (excludes halogenated alkanes) is 2. The van der Waals surface area contributed by atoms with E-state index in [1.807, 2.05) is 36.1 Å². The number of nitrogens with zero attached hydrogens (tertiary/aromatic N) is 4. The maximum absolute atomic E-state index is 12.1. The molecule has 1 fully saturated rings. The highest BCUT2D eigenvalue weighted by Crippen LogP contribution is 2.16. The van der Waals surface area contributed by atoms with Crippen LogP contribution in [0.15, 0.2) is 35.4 Å². The summed E-state index contributed by atoms with van der Waals surface area (Å²) in [6, 6.07) is 9.26. The molecule has 2 heterocycles. The van der Waals surface area contributed by atoms with Gasteiger partial charge in [-0.3, -0.25) is 4.79 Å². The molecule has 0 bridgehead atoms. The van der Waals surface area contributed by atoms with Crippen LogP contribution in [-0.2, 0) is 9.53 Å². The predicted molar refractivity (Wildman–Crippen MR) is 122 cm³/mol. The zero-order chi connectivity index (χ0) is 22.6. The van der Waals surface area contributed by atoms with Crippen molar-refractivity contribution in [1.82, 2.24) is 15.4 Å². The third-order valence-corrected chi connectivity index (χ3v) is 4.76. The quantitative estimate of drug-likeness (QED) is 0.325. The fourth-order valence-corrected chi connectivity index (χ4v) is 3.05. The van der Waals surface area contributed by atoms with Gasteiger partial charge >= 0.3 is 0 Å². The van der Waals surface area contributed by atoms with E-state index in [1.54, 1.807) is 12.3 Å². The smallest absolute Gasteiger partial charge is 0.278 e. The first kappa shape index (κ1) is 23.5. The second-order valence-corrected chi connectivity index (χ2v) is 7.45. The van der Waals surface area contributed by atoms with Gasteiger partial charge in [0.25, 0.3) is 5.91 Å². The Balaban J connectivity index is 1.43. The summed E-state index contributed by atoms with van der Waals surface area (Å²) in [5, 5.41) is 3.98. The van der Waals surface area contributed by atoms with E-state index in [0.717, 1.165) is 43.1 Å². The van der Waals surface area contributed by atoms with Gasteiger partial charge in [-0.1, -0.05) is 19.8 Å². The summed E-state index contributed by atoms with van der Waals surface area (Å²) in [5.74, 6) is 1.39. The molecule has 0 spiro atoms. The number of morpholine rings is 1. The van der Waals surface area contributed by atoms with Gasteiger partial charge in [-0.15, -0.1) is 0 Å². The van der Waals surface area contributed by atoms with Crippen LogP contribution < -0.4 is 19.8 Å². The Morgan fingerprint density at radius 1 is 1.19 bits per heavy atom. The zero-order valence-corrected chi connectivity index (χ0v) is 18.7. The van der Waals surface area contributed by atoms with E-state index >= 15 is 0 Å². The van der Waals surface area contributed by atoms with Crippen LogP contribution in [0, 0.1) is 6.92 Å². The van der Waals surface area contributed by atoms with Crippen LogP contribution in [0.25, 0.3) is 0 Å². The number of rotatable bonds is 11. The van der Waals surface area contributed by atoms with Crippen molar-refractivity contribution >= 4 is 18.1 Å². The van der Waals surface area contributed by atoms with Gasteiger partial charge in [0.1, 0.15) is 5.75 Å². The summed E-state index contributed by atoms with van der Waals surface area (Å²) in [7, 11) is 0. The van der Waals surface area contributed by atoms with Crippen molar-refractivity contribution in [2.45, 2.75) is 33.1 Å².